The lowest BCUT2D eigenvalue weighted by Crippen LogP contribution is -2.12. The number of carbonyl (C=O) groups is 2. The second-order valence-electron chi connectivity index (χ2n) is 17.2. The van der Waals surface area contributed by atoms with Gasteiger partial charge in [-0.15, -0.1) is 0 Å². The molecule has 0 fully saturated rings. The van der Waals surface area contributed by atoms with Crippen molar-refractivity contribution in [3.8, 4) is 52.0 Å². The van der Waals surface area contributed by atoms with Crippen molar-refractivity contribution < 1.29 is 29.3 Å². The molecule has 9 aromatic heterocycles. The van der Waals surface area contributed by atoms with Gasteiger partial charge in [-0.1, -0.05) is 92.3 Å². The summed E-state index contributed by atoms with van der Waals surface area (Å²) >= 11 is 17.2. The molecule has 0 aliphatic rings. The number of hydrogen-bond donors (Lipinski definition) is 9. The normalized spacial score (nSPS) is 9.70. The average molecular weight is 1240 g/mol. The number of methoxy groups -OCH3 is 2. The quantitative estimate of drug-likeness (QED) is 0.0193. The number of H-pyrrole nitrogens is 1. The minimum atomic E-state index is -0.582. The Morgan fingerprint density at radius 3 is 1.36 bits per heavy atom. The molecule has 0 unspecified atom stereocenters. The van der Waals surface area contributed by atoms with E-state index in [0.717, 1.165) is 18.9 Å². The van der Waals surface area contributed by atoms with Crippen molar-refractivity contribution in [3.63, 3.8) is 0 Å². The number of nitrogens with two attached hydrogens (primary N) is 4. The number of anilines is 3. The van der Waals surface area contributed by atoms with Crippen molar-refractivity contribution in [1.82, 2.24) is 64.8 Å². The summed E-state index contributed by atoms with van der Waals surface area (Å²) in [6.07, 6.45) is 9.94. The van der Waals surface area contributed by atoms with Crippen LogP contribution in [-0.4, -0.2) is 126 Å². The molecule has 9 heterocycles. The van der Waals surface area contributed by atoms with E-state index in [1.165, 1.54) is 26.4 Å². The number of aliphatic hydroxyl groups is 1. The van der Waals surface area contributed by atoms with Crippen molar-refractivity contribution in [1.29, 1.82) is 5.41 Å². The summed E-state index contributed by atoms with van der Waals surface area (Å²) in [5.41, 5.74) is 24.2. The van der Waals surface area contributed by atoms with E-state index in [1.54, 1.807) is 85.6 Å². The fourth-order valence-electron chi connectivity index (χ4n) is 5.50. The van der Waals surface area contributed by atoms with E-state index in [1.807, 2.05) is 70.2 Å². The molecule has 9 rings (SSSR count). The zero-order chi connectivity index (χ0) is 63.8. The number of carbonyl (C=O) groups excluding carboxylic acids is 2. The van der Waals surface area contributed by atoms with Gasteiger partial charge in [0.1, 0.15) is 73.6 Å². The molecule has 0 spiro atoms. The molecule has 0 bridgehead atoms. The van der Waals surface area contributed by atoms with Crippen LogP contribution in [0.4, 0.5) is 17.5 Å². The van der Waals surface area contributed by atoms with E-state index in [2.05, 4.69) is 86.5 Å². The van der Waals surface area contributed by atoms with Gasteiger partial charge in [0, 0.05) is 61.8 Å². The predicted octanol–water partition coefficient (Wildman–Crippen LogP) is 8.32. The Bertz CT molecular complexity index is 3300. The minimum Gasteiger partial charge on any atom is -0.493 e. The van der Waals surface area contributed by atoms with Crippen molar-refractivity contribution in [2.75, 3.05) is 37.6 Å². The summed E-state index contributed by atoms with van der Waals surface area (Å²) in [5.74, 6) is 1.69. The molecule has 26 nitrogen and oxygen atoms in total. The summed E-state index contributed by atoms with van der Waals surface area (Å²) in [5, 5.41) is 28.2. The molecule has 0 saturated heterocycles. The minimum absolute atomic E-state index is 0.00981. The number of amidine groups is 1. The molecule has 0 saturated carbocycles. The first-order valence-corrected chi connectivity index (χ1v) is 26.8. The maximum Gasteiger partial charge on any atom is 0.316 e. The molecule has 0 aliphatic heterocycles. The van der Waals surface area contributed by atoms with Crippen LogP contribution in [0.2, 0.25) is 15.5 Å². The van der Waals surface area contributed by atoms with Gasteiger partial charge in [-0.05, 0) is 87.0 Å². The molecule has 0 aromatic carbocycles. The van der Waals surface area contributed by atoms with Gasteiger partial charge >= 0.3 is 11.9 Å². The van der Waals surface area contributed by atoms with Crippen molar-refractivity contribution >= 4 is 70.0 Å². The molecule has 0 atom stereocenters. The van der Waals surface area contributed by atoms with Crippen LogP contribution in [0.3, 0.4) is 0 Å². The number of rotatable bonds is 11. The number of aromatic hydroxyl groups is 1. The zero-order valence-electron chi connectivity index (χ0n) is 48.1. The Morgan fingerprint density at radius 1 is 0.616 bits per heavy atom. The first-order valence-electron chi connectivity index (χ1n) is 25.7. The zero-order valence-corrected chi connectivity index (χ0v) is 50.4. The molecule has 9 aromatic rings. The number of unbranched alkanes of at least 4 members (excludes halogenated alkanes) is 1. The number of aliphatic hydroxyl groups excluding tert-OH is 1. The topological polar surface area (TPSA) is 421 Å². The van der Waals surface area contributed by atoms with Gasteiger partial charge in [0.15, 0.2) is 23.3 Å². The van der Waals surface area contributed by atoms with Gasteiger partial charge in [-0.2, -0.15) is 4.98 Å². The third-order valence-corrected chi connectivity index (χ3v) is 9.66. The van der Waals surface area contributed by atoms with Crippen LogP contribution in [0.1, 0.15) is 59.6 Å². The second kappa shape index (κ2) is 41.3. The first-order chi connectivity index (χ1) is 41.1. The van der Waals surface area contributed by atoms with E-state index < -0.39 is 17.5 Å². The lowest BCUT2D eigenvalue weighted by Gasteiger charge is -2.10. The van der Waals surface area contributed by atoms with Crippen LogP contribution >= 0.6 is 34.8 Å². The monoisotopic (exact) mass is 1240 g/mol. The standard InChI is InChI=1S/C12H15N5.C9H5Cl2N3.C9H7ClN4.C9H7N3O2.C6H7N3.C5H8O4.C4H10O.C3H9N/c1-8(2)15-11-7-10(13)16-12(17-11)9-5-3-4-6-14-9;2*10-7-5-8(11)14-9(13-7)6-3-1-2-4-12-6;13-7-5-8(14)12-9(11-7)6-3-1-2-4-10-6;7-6(8)5-3-1-2-4-9-5;1-8-4(6)3-5(7)9-2;1-2-3-4-5;1-3(2)4/h3-8H,1-2H3,(H3,13,15,16,17);1-5H;1-5H,(H2,11,13,14);1-5H,(H2,11,12,13,14);1-4H,(H3,7,8);3H2,1-2H3;5H,2-4H2,1H3;3H,4H2,1-2H3. The lowest BCUT2D eigenvalue weighted by atomic mass is 10.3. The molecule has 0 radical (unpaired) electrons. The van der Waals surface area contributed by atoms with Gasteiger partial charge in [0.25, 0.3) is 5.56 Å². The summed E-state index contributed by atoms with van der Waals surface area (Å²) < 4.78 is 8.37. The number of nitrogen functional groups attached to an aromatic ring is 3. The molecular weight excluding hydrogens is 1170 g/mol. The Balaban J connectivity index is 0.000000346. The fraction of sp³-hybridized carbons (Fsp3) is 0.228. The van der Waals surface area contributed by atoms with Crippen LogP contribution < -0.4 is 33.8 Å². The largest absolute Gasteiger partial charge is 0.493 e. The van der Waals surface area contributed by atoms with Crippen LogP contribution in [0.5, 0.6) is 5.88 Å². The molecule has 454 valence electrons. The average Bonchev–Trinajstić information content (AvgIpc) is 3.57. The second-order valence-corrected chi connectivity index (χ2v) is 18.3. The maximum atomic E-state index is 11.0. The molecule has 29 heteroatoms. The Labute approximate surface area is 511 Å². The first kappa shape index (κ1) is 72.4. The van der Waals surface area contributed by atoms with Gasteiger partial charge in [0.05, 0.1) is 20.3 Å². The SMILES string of the molecule is CC(C)N.CC(C)Nc1cc(N)nc(-c2ccccn2)n1.CCCCO.COC(=O)CC(=O)OC.Clc1cc(Cl)nc(-c2ccccn2)n1.N=C(N)c1ccccn1.Nc1cc(Cl)nc(-c2ccccn2)n1.O=c1cc(O)nc(-c2ccccn2)[nH]1. The summed E-state index contributed by atoms with van der Waals surface area (Å²) in [6.45, 7) is 10.4. The van der Waals surface area contributed by atoms with Crippen molar-refractivity contribution in [2.24, 2.45) is 11.5 Å². The molecule has 0 amide bonds. The fourth-order valence-corrected chi connectivity index (χ4v) is 6.12. The Kier molecular flexibility index (Phi) is 34.8. The number of nitrogens with zero attached hydrogens (tertiary/aromatic N) is 12. The Hall–Kier alpha value is -9.73. The number of halogens is 3. The van der Waals surface area contributed by atoms with E-state index in [0.29, 0.717) is 97.5 Å². The van der Waals surface area contributed by atoms with Crippen molar-refractivity contribution in [2.45, 2.75) is 66.0 Å². The summed E-state index contributed by atoms with van der Waals surface area (Å²) in [4.78, 5) is 82.6. The number of pyridine rings is 5. The molecular formula is C57H68Cl3N19O7. The van der Waals surface area contributed by atoms with Gasteiger partial charge in [0.2, 0.25) is 5.88 Å². The van der Waals surface area contributed by atoms with Crippen molar-refractivity contribution in [3.05, 3.63) is 178 Å². The van der Waals surface area contributed by atoms with Gasteiger partial charge in [-0.25, -0.2) is 29.9 Å². The molecule has 0 aliphatic carbocycles. The highest BCUT2D eigenvalue weighted by Gasteiger charge is 2.10. The third kappa shape index (κ3) is 31.6. The third-order valence-electron chi connectivity index (χ3n) is 9.08. The molecule has 13 N–H and O–H groups in total. The van der Waals surface area contributed by atoms with Crippen LogP contribution in [0.15, 0.2) is 151 Å². The highest BCUT2D eigenvalue weighted by atomic mass is 35.5. The van der Waals surface area contributed by atoms with E-state index in [-0.39, 0.29) is 24.0 Å². The van der Waals surface area contributed by atoms with E-state index >= 15 is 0 Å². The van der Waals surface area contributed by atoms with Gasteiger partial charge in [-0.3, -0.25) is 44.7 Å². The smallest absolute Gasteiger partial charge is 0.316 e. The predicted molar refractivity (Wildman–Crippen MR) is 333 cm³/mol. The maximum absolute atomic E-state index is 11.0. The van der Waals surface area contributed by atoms with Crippen LogP contribution in [-0.2, 0) is 19.1 Å². The highest BCUT2D eigenvalue weighted by Crippen LogP contribution is 2.20. The number of ether oxygens (including phenoxy) is 2. The number of aromatic nitrogens is 13. The molecule has 86 heavy (non-hydrogen) atoms. The Morgan fingerprint density at radius 2 is 1.02 bits per heavy atom. The van der Waals surface area contributed by atoms with E-state index in [9.17, 15) is 14.4 Å². The number of esters is 2. The number of hydrogen-bond acceptors (Lipinski definition) is 24. The highest BCUT2D eigenvalue weighted by molar-refractivity contribution is 6.33. The number of nitrogens with one attached hydrogen (secondary N) is 3. The van der Waals surface area contributed by atoms with Crippen LogP contribution in [0.25, 0.3) is 46.1 Å². The van der Waals surface area contributed by atoms with Gasteiger partial charge < -0.3 is 52.9 Å². The lowest BCUT2D eigenvalue weighted by molar-refractivity contribution is -0.151. The van der Waals surface area contributed by atoms with E-state index in [4.69, 9.17) is 73.4 Å². The van der Waals surface area contributed by atoms with Crippen LogP contribution in [0, 0.1) is 5.41 Å². The summed E-state index contributed by atoms with van der Waals surface area (Å²) in [6, 6.07) is 33.3. The summed E-state index contributed by atoms with van der Waals surface area (Å²) in [7, 11) is 2.43. The number of aromatic amines is 1.